The lowest BCUT2D eigenvalue weighted by Gasteiger charge is -2.36. The van der Waals surface area contributed by atoms with E-state index in [0.29, 0.717) is 50.7 Å². The lowest BCUT2D eigenvalue weighted by atomic mass is 10.1. The number of carbonyl (C=O) groups is 2. The molecule has 6 nitrogen and oxygen atoms in total. The van der Waals surface area contributed by atoms with Gasteiger partial charge in [0.25, 0.3) is 11.8 Å². The minimum Gasteiger partial charge on any atom is -0.493 e. The molecule has 1 saturated heterocycles. The number of hydrogen-bond acceptors (Lipinski definition) is 4. The molecule has 1 aliphatic heterocycles. The van der Waals surface area contributed by atoms with Gasteiger partial charge in [0.1, 0.15) is 11.9 Å². The Hall–Kier alpha value is -2.34. The van der Waals surface area contributed by atoms with E-state index in [-0.39, 0.29) is 11.8 Å². The van der Waals surface area contributed by atoms with Gasteiger partial charge in [0.2, 0.25) is 0 Å². The average molecular weight is 360 g/mol. The summed E-state index contributed by atoms with van der Waals surface area (Å²) in [5.41, 5.74) is 0.565. The average Bonchev–Trinajstić information content (AvgIpc) is 2.68. The number of carbonyl (C=O) groups excluding carboxylic acids is 2. The molecule has 0 saturated carbocycles. The van der Waals surface area contributed by atoms with E-state index in [2.05, 4.69) is 6.58 Å². The number of nitrogens with zero attached hydrogens (tertiary/aromatic N) is 2. The Bertz CT molecular complexity index is 624. The lowest BCUT2D eigenvalue weighted by Crippen LogP contribution is -2.52. The van der Waals surface area contributed by atoms with E-state index in [1.165, 1.54) is 0 Å². The molecule has 1 unspecified atom stereocenters. The fourth-order valence-electron chi connectivity index (χ4n) is 2.88. The molecule has 2 rings (SSSR count). The summed E-state index contributed by atoms with van der Waals surface area (Å²) in [6.07, 6.45) is 2.01. The molecule has 0 spiro atoms. The SMILES string of the molecule is C=CCCOC(C)C(=O)N1CCN(C(=O)c2ccccc2OCC)CC1. The van der Waals surface area contributed by atoms with Crippen molar-refractivity contribution in [2.45, 2.75) is 26.4 Å². The third-order valence-corrected chi connectivity index (χ3v) is 4.33. The zero-order valence-electron chi connectivity index (χ0n) is 15.6. The largest absolute Gasteiger partial charge is 0.493 e. The molecular formula is C20H28N2O4. The Morgan fingerprint density at radius 1 is 1.19 bits per heavy atom. The second-order valence-corrected chi connectivity index (χ2v) is 6.14. The normalized spacial score (nSPS) is 15.5. The zero-order chi connectivity index (χ0) is 18.9. The van der Waals surface area contributed by atoms with Crippen LogP contribution < -0.4 is 4.74 Å². The highest BCUT2D eigenvalue weighted by Gasteiger charge is 2.28. The first kappa shape index (κ1) is 20.0. The highest BCUT2D eigenvalue weighted by molar-refractivity contribution is 5.97. The van der Waals surface area contributed by atoms with Crippen molar-refractivity contribution in [3.63, 3.8) is 0 Å². The molecule has 26 heavy (non-hydrogen) atoms. The Morgan fingerprint density at radius 3 is 2.50 bits per heavy atom. The third-order valence-electron chi connectivity index (χ3n) is 4.33. The maximum absolute atomic E-state index is 12.8. The van der Waals surface area contributed by atoms with Crippen LogP contribution in [0.3, 0.4) is 0 Å². The van der Waals surface area contributed by atoms with E-state index in [0.717, 1.165) is 6.42 Å². The number of rotatable bonds is 8. The molecule has 0 N–H and O–H groups in total. The predicted octanol–water partition coefficient (Wildman–Crippen LogP) is 2.35. The number of hydrogen-bond donors (Lipinski definition) is 0. The minimum absolute atomic E-state index is 0.0316. The van der Waals surface area contributed by atoms with E-state index in [4.69, 9.17) is 9.47 Å². The molecule has 1 aliphatic rings. The van der Waals surface area contributed by atoms with Crippen molar-refractivity contribution in [2.75, 3.05) is 39.4 Å². The van der Waals surface area contributed by atoms with Crippen LogP contribution in [0.5, 0.6) is 5.75 Å². The summed E-state index contributed by atoms with van der Waals surface area (Å²) < 4.78 is 11.1. The molecule has 0 bridgehead atoms. The van der Waals surface area contributed by atoms with Crippen molar-refractivity contribution in [3.05, 3.63) is 42.5 Å². The summed E-state index contributed by atoms with van der Waals surface area (Å²) in [6.45, 7) is 10.3. The van der Waals surface area contributed by atoms with Crippen molar-refractivity contribution >= 4 is 11.8 Å². The van der Waals surface area contributed by atoms with Gasteiger partial charge in [-0.05, 0) is 32.4 Å². The van der Waals surface area contributed by atoms with Gasteiger partial charge in [-0.15, -0.1) is 6.58 Å². The Kier molecular flexibility index (Phi) is 7.66. The van der Waals surface area contributed by atoms with Crippen LogP contribution in [0.1, 0.15) is 30.6 Å². The molecule has 142 valence electrons. The molecule has 1 atom stereocenters. The Morgan fingerprint density at radius 2 is 1.85 bits per heavy atom. The van der Waals surface area contributed by atoms with Crippen LogP contribution in [0.25, 0.3) is 0 Å². The molecule has 0 aromatic heterocycles. The Labute approximate surface area is 155 Å². The highest BCUT2D eigenvalue weighted by atomic mass is 16.5. The van der Waals surface area contributed by atoms with Gasteiger partial charge in [0, 0.05) is 26.2 Å². The van der Waals surface area contributed by atoms with E-state index in [1.54, 1.807) is 34.9 Å². The van der Waals surface area contributed by atoms with E-state index < -0.39 is 6.10 Å². The molecule has 1 aromatic rings. The van der Waals surface area contributed by atoms with Gasteiger partial charge in [0.05, 0.1) is 18.8 Å². The maximum Gasteiger partial charge on any atom is 0.257 e. The monoisotopic (exact) mass is 360 g/mol. The summed E-state index contributed by atoms with van der Waals surface area (Å²) in [5.74, 6) is 0.509. The van der Waals surface area contributed by atoms with Gasteiger partial charge in [0.15, 0.2) is 0 Å². The number of para-hydroxylation sites is 1. The minimum atomic E-state index is -0.476. The summed E-state index contributed by atoms with van der Waals surface area (Å²) in [5, 5.41) is 0. The van der Waals surface area contributed by atoms with E-state index >= 15 is 0 Å². The first-order chi connectivity index (χ1) is 12.6. The molecule has 1 heterocycles. The molecular weight excluding hydrogens is 332 g/mol. The highest BCUT2D eigenvalue weighted by Crippen LogP contribution is 2.21. The smallest absolute Gasteiger partial charge is 0.257 e. The standard InChI is InChI=1S/C20H28N2O4/c1-4-6-15-26-16(3)19(23)21-11-13-22(14-12-21)20(24)17-9-7-8-10-18(17)25-5-2/h4,7-10,16H,1,5-6,11-15H2,2-3H3. The van der Waals surface area contributed by atoms with E-state index in [9.17, 15) is 9.59 Å². The maximum atomic E-state index is 12.8. The topological polar surface area (TPSA) is 59.1 Å². The summed E-state index contributed by atoms with van der Waals surface area (Å²) in [4.78, 5) is 28.7. The first-order valence-electron chi connectivity index (χ1n) is 9.10. The number of amides is 2. The Balaban J connectivity index is 1.90. The van der Waals surface area contributed by atoms with Crippen LogP contribution in [0.2, 0.25) is 0 Å². The lowest BCUT2D eigenvalue weighted by molar-refractivity contribution is -0.144. The summed E-state index contributed by atoms with van der Waals surface area (Å²) >= 11 is 0. The summed E-state index contributed by atoms with van der Waals surface area (Å²) in [7, 11) is 0. The summed E-state index contributed by atoms with van der Waals surface area (Å²) in [6, 6.07) is 7.27. The van der Waals surface area contributed by atoms with Gasteiger partial charge in [-0.25, -0.2) is 0 Å². The van der Waals surface area contributed by atoms with Crippen LogP contribution in [-0.2, 0) is 9.53 Å². The van der Waals surface area contributed by atoms with Crippen LogP contribution in [0, 0.1) is 0 Å². The fourth-order valence-corrected chi connectivity index (χ4v) is 2.88. The van der Waals surface area contributed by atoms with Gasteiger partial charge in [-0.3, -0.25) is 9.59 Å². The van der Waals surface area contributed by atoms with Crippen molar-refractivity contribution in [2.24, 2.45) is 0 Å². The second kappa shape index (κ2) is 9.97. The fraction of sp³-hybridized carbons (Fsp3) is 0.500. The van der Waals surface area contributed by atoms with Crippen LogP contribution in [0.15, 0.2) is 36.9 Å². The van der Waals surface area contributed by atoms with Crippen LogP contribution in [-0.4, -0.2) is 67.1 Å². The van der Waals surface area contributed by atoms with Gasteiger partial charge in [-0.1, -0.05) is 18.2 Å². The van der Waals surface area contributed by atoms with Crippen molar-refractivity contribution in [1.29, 1.82) is 0 Å². The van der Waals surface area contributed by atoms with Crippen molar-refractivity contribution < 1.29 is 19.1 Å². The first-order valence-corrected chi connectivity index (χ1v) is 9.10. The van der Waals surface area contributed by atoms with Gasteiger partial charge < -0.3 is 19.3 Å². The number of benzene rings is 1. The molecule has 0 radical (unpaired) electrons. The van der Waals surface area contributed by atoms with Crippen molar-refractivity contribution in [3.8, 4) is 5.75 Å². The zero-order valence-corrected chi connectivity index (χ0v) is 15.6. The number of piperazine rings is 1. The second-order valence-electron chi connectivity index (χ2n) is 6.14. The molecule has 0 aliphatic carbocycles. The predicted molar refractivity (Wildman–Crippen MR) is 100 cm³/mol. The molecule has 1 aromatic carbocycles. The number of ether oxygens (including phenoxy) is 2. The molecule has 1 fully saturated rings. The van der Waals surface area contributed by atoms with Crippen LogP contribution >= 0.6 is 0 Å². The van der Waals surface area contributed by atoms with Crippen molar-refractivity contribution in [1.82, 2.24) is 9.80 Å². The quantitative estimate of drug-likeness (QED) is 0.527. The van der Waals surface area contributed by atoms with E-state index in [1.807, 2.05) is 19.1 Å². The van der Waals surface area contributed by atoms with Gasteiger partial charge in [-0.2, -0.15) is 0 Å². The third kappa shape index (κ3) is 5.08. The van der Waals surface area contributed by atoms with Crippen LogP contribution in [0.4, 0.5) is 0 Å². The van der Waals surface area contributed by atoms with Gasteiger partial charge >= 0.3 is 0 Å². The molecule has 2 amide bonds. The molecule has 6 heteroatoms.